The first-order valence-electron chi connectivity index (χ1n) is 6.86. The van der Waals surface area contributed by atoms with Gasteiger partial charge in [0.15, 0.2) is 0 Å². The number of hydrogen-bond donors (Lipinski definition) is 1. The summed E-state index contributed by atoms with van der Waals surface area (Å²) in [6, 6.07) is 13.8. The normalized spacial score (nSPS) is 17.1. The standard InChI is InChI=1S/C17H18N2O/c1-11-6-5-8-14(18)16(11)17(20)19-12(2)10-13-7-3-4-9-15(13)19/h3-9,12H,10,18H2,1-2H3. The van der Waals surface area contributed by atoms with E-state index in [1.54, 1.807) is 6.07 Å². The van der Waals surface area contributed by atoms with E-state index in [1.165, 1.54) is 5.56 Å². The largest absolute Gasteiger partial charge is 0.398 e. The van der Waals surface area contributed by atoms with Crippen LogP contribution in [0, 0.1) is 6.92 Å². The van der Waals surface area contributed by atoms with Crippen LogP contribution in [0.5, 0.6) is 0 Å². The zero-order valence-electron chi connectivity index (χ0n) is 11.8. The molecule has 3 nitrogen and oxygen atoms in total. The van der Waals surface area contributed by atoms with Crippen molar-refractivity contribution >= 4 is 17.3 Å². The molecule has 0 bridgehead atoms. The Morgan fingerprint density at radius 1 is 1.20 bits per heavy atom. The molecule has 2 aromatic rings. The van der Waals surface area contributed by atoms with Crippen LogP contribution in [0.3, 0.4) is 0 Å². The van der Waals surface area contributed by atoms with E-state index in [9.17, 15) is 4.79 Å². The third kappa shape index (κ3) is 1.86. The highest BCUT2D eigenvalue weighted by molar-refractivity contribution is 6.11. The number of anilines is 2. The van der Waals surface area contributed by atoms with E-state index < -0.39 is 0 Å². The number of nitrogens with two attached hydrogens (primary N) is 1. The third-order valence-corrected chi connectivity index (χ3v) is 3.94. The molecular weight excluding hydrogens is 248 g/mol. The van der Waals surface area contributed by atoms with Crippen LogP contribution in [-0.2, 0) is 6.42 Å². The molecule has 0 saturated carbocycles. The summed E-state index contributed by atoms with van der Waals surface area (Å²) in [7, 11) is 0. The van der Waals surface area contributed by atoms with Gasteiger partial charge in [-0.2, -0.15) is 0 Å². The van der Waals surface area contributed by atoms with E-state index in [4.69, 9.17) is 5.73 Å². The molecule has 102 valence electrons. The van der Waals surface area contributed by atoms with Gasteiger partial charge in [0.25, 0.3) is 5.91 Å². The van der Waals surface area contributed by atoms with Crippen molar-refractivity contribution in [2.75, 3.05) is 10.6 Å². The molecule has 1 heterocycles. The summed E-state index contributed by atoms with van der Waals surface area (Å²) in [6.07, 6.45) is 0.897. The Hall–Kier alpha value is -2.29. The number of rotatable bonds is 1. The molecule has 0 aromatic heterocycles. The van der Waals surface area contributed by atoms with Gasteiger partial charge in [0, 0.05) is 17.4 Å². The van der Waals surface area contributed by atoms with Gasteiger partial charge in [-0.05, 0) is 43.5 Å². The van der Waals surface area contributed by atoms with Crippen molar-refractivity contribution in [1.82, 2.24) is 0 Å². The number of aryl methyl sites for hydroxylation is 1. The minimum Gasteiger partial charge on any atom is -0.398 e. The van der Waals surface area contributed by atoms with Gasteiger partial charge < -0.3 is 10.6 Å². The summed E-state index contributed by atoms with van der Waals surface area (Å²) in [6.45, 7) is 4.00. The summed E-state index contributed by atoms with van der Waals surface area (Å²) < 4.78 is 0. The summed E-state index contributed by atoms with van der Waals surface area (Å²) in [4.78, 5) is 14.8. The Kier molecular flexibility index (Phi) is 2.97. The number of benzene rings is 2. The molecule has 1 aliphatic rings. The second-order valence-corrected chi connectivity index (χ2v) is 5.40. The lowest BCUT2D eigenvalue weighted by molar-refractivity contribution is 0.0982. The van der Waals surface area contributed by atoms with E-state index in [0.29, 0.717) is 11.3 Å². The van der Waals surface area contributed by atoms with Crippen LogP contribution in [0.1, 0.15) is 28.4 Å². The lowest BCUT2D eigenvalue weighted by Gasteiger charge is -2.24. The third-order valence-electron chi connectivity index (χ3n) is 3.94. The van der Waals surface area contributed by atoms with Gasteiger partial charge in [-0.3, -0.25) is 4.79 Å². The lowest BCUT2D eigenvalue weighted by atomic mass is 10.0. The highest BCUT2D eigenvalue weighted by Gasteiger charge is 2.32. The fourth-order valence-corrected chi connectivity index (χ4v) is 2.98. The summed E-state index contributed by atoms with van der Waals surface area (Å²) >= 11 is 0. The zero-order chi connectivity index (χ0) is 14.3. The maximum absolute atomic E-state index is 12.9. The molecule has 3 heteroatoms. The van der Waals surface area contributed by atoms with Crippen molar-refractivity contribution in [2.24, 2.45) is 0 Å². The zero-order valence-corrected chi connectivity index (χ0v) is 11.8. The molecule has 2 aromatic carbocycles. The van der Waals surface area contributed by atoms with Crippen LogP contribution in [0.25, 0.3) is 0 Å². The summed E-state index contributed by atoms with van der Waals surface area (Å²) in [5, 5.41) is 0. The monoisotopic (exact) mass is 266 g/mol. The Morgan fingerprint density at radius 3 is 2.70 bits per heavy atom. The van der Waals surface area contributed by atoms with Crippen molar-refractivity contribution in [2.45, 2.75) is 26.3 Å². The van der Waals surface area contributed by atoms with E-state index in [0.717, 1.165) is 17.7 Å². The van der Waals surface area contributed by atoms with Crippen molar-refractivity contribution in [3.05, 3.63) is 59.2 Å². The molecule has 2 N–H and O–H groups in total. The van der Waals surface area contributed by atoms with Crippen molar-refractivity contribution in [3.63, 3.8) is 0 Å². The number of nitrogens with zero attached hydrogens (tertiary/aromatic N) is 1. The molecule has 1 amide bonds. The molecule has 0 radical (unpaired) electrons. The first-order valence-corrected chi connectivity index (χ1v) is 6.86. The molecular formula is C17H18N2O. The number of amides is 1. The number of carbonyl (C=O) groups excluding carboxylic acids is 1. The summed E-state index contributed by atoms with van der Waals surface area (Å²) in [5.74, 6) is -0.00181. The number of carbonyl (C=O) groups is 1. The van der Waals surface area contributed by atoms with Crippen molar-refractivity contribution in [3.8, 4) is 0 Å². The van der Waals surface area contributed by atoms with Gasteiger partial charge in [0.1, 0.15) is 0 Å². The minimum absolute atomic E-state index is 0.00181. The van der Waals surface area contributed by atoms with Gasteiger partial charge >= 0.3 is 0 Å². The van der Waals surface area contributed by atoms with Crippen LogP contribution in [0.4, 0.5) is 11.4 Å². The van der Waals surface area contributed by atoms with Gasteiger partial charge in [-0.25, -0.2) is 0 Å². The van der Waals surface area contributed by atoms with Gasteiger partial charge in [0.2, 0.25) is 0 Å². The average molecular weight is 266 g/mol. The lowest BCUT2D eigenvalue weighted by Crippen LogP contribution is -2.36. The molecule has 20 heavy (non-hydrogen) atoms. The molecule has 1 aliphatic heterocycles. The fourth-order valence-electron chi connectivity index (χ4n) is 2.98. The Morgan fingerprint density at radius 2 is 1.95 bits per heavy atom. The van der Waals surface area contributed by atoms with Crippen LogP contribution in [0.2, 0.25) is 0 Å². The number of fused-ring (bicyclic) bond motifs is 1. The van der Waals surface area contributed by atoms with Gasteiger partial charge in [-0.15, -0.1) is 0 Å². The van der Waals surface area contributed by atoms with E-state index in [1.807, 2.05) is 42.2 Å². The topological polar surface area (TPSA) is 46.3 Å². The number of hydrogen-bond acceptors (Lipinski definition) is 2. The average Bonchev–Trinajstić information content (AvgIpc) is 2.74. The SMILES string of the molecule is Cc1cccc(N)c1C(=O)N1c2ccccc2CC1C. The highest BCUT2D eigenvalue weighted by atomic mass is 16.2. The van der Waals surface area contributed by atoms with Crippen LogP contribution in [-0.4, -0.2) is 11.9 Å². The van der Waals surface area contributed by atoms with Crippen LogP contribution >= 0.6 is 0 Å². The predicted molar refractivity (Wildman–Crippen MR) is 82.0 cm³/mol. The van der Waals surface area contributed by atoms with Gasteiger partial charge in [0.05, 0.1) is 5.56 Å². The second kappa shape index (κ2) is 4.67. The predicted octanol–water partition coefficient (Wildman–Crippen LogP) is 3.17. The van der Waals surface area contributed by atoms with Gasteiger partial charge in [-0.1, -0.05) is 30.3 Å². The first kappa shape index (κ1) is 12.7. The van der Waals surface area contributed by atoms with E-state index in [-0.39, 0.29) is 11.9 Å². The molecule has 3 rings (SSSR count). The Bertz CT molecular complexity index is 658. The molecule has 0 saturated heterocycles. The van der Waals surface area contributed by atoms with Crippen molar-refractivity contribution < 1.29 is 4.79 Å². The fraction of sp³-hybridized carbons (Fsp3) is 0.235. The minimum atomic E-state index is -0.00181. The quantitative estimate of drug-likeness (QED) is 0.806. The van der Waals surface area contributed by atoms with Crippen molar-refractivity contribution in [1.29, 1.82) is 0 Å². The maximum Gasteiger partial charge on any atom is 0.260 e. The highest BCUT2D eigenvalue weighted by Crippen LogP contribution is 2.34. The Labute approximate surface area is 119 Å². The molecule has 0 spiro atoms. The first-order chi connectivity index (χ1) is 9.59. The summed E-state index contributed by atoms with van der Waals surface area (Å²) in [5.41, 5.74) is 10.3. The molecule has 1 unspecified atom stereocenters. The Balaban J connectivity index is 2.08. The van der Waals surface area contributed by atoms with Crippen LogP contribution < -0.4 is 10.6 Å². The van der Waals surface area contributed by atoms with E-state index in [2.05, 4.69) is 13.0 Å². The van der Waals surface area contributed by atoms with E-state index >= 15 is 0 Å². The maximum atomic E-state index is 12.9. The number of para-hydroxylation sites is 1. The molecule has 0 aliphatic carbocycles. The molecule has 0 fully saturated rings. The number of nitrogen functional groups attached to an aromatic ring is 1. The molecule has 1 atom stereocenters. The smallest absolute Gasteiger partial charge is 0.260 e. The second-order valence-electron chi connectivity index (χ2n) is 5.40. The van der Waals surface area contributed by atoms with Crippen LogP contribution in [0.15, 0.2) is 42.5 Å².